The minimum atomic E-state index is -0.254. The highest BCUT2D eigenvalue weighted by Gasteiger charge is 2.02. The average molecular weight is 208 g/mol. The third-order valence-corrected chi connectivity index (χ3v) is 2.20. The summed E-state index contributed by atoms with van der Waals surface area (Å²) >= 11 is 0. The predicted octanol–water partition coefficient (Wildman–Crippen LogP) is 0.996. The first-order valence-electron chi connectivity index (χ1n) is 5.12. The number of allylic oxidation sites excluding steroid dienone is 1. The Balaban J connectivity index is 3.12. The maximum Gasteiger partial charge on any atom is 0.331 e. The monoisotopic (exact) mass is 208 g/mol. The molecule has 0 aliphatic carbocycles. The molecule has 0 bridgehead atoms. The third kappa shape index (κ3) is 2.68. The van der Waals surface area contributed by atoms with Crippen molar-refractivity contribution in [3.05, 3.63) is 45.8 Å². The van der Waals surface area contributed by atoms with Crippen LogP contribution in [-0.4, -0.2) is 9.13 Å². The van der Waals surface area contributed by atoms with E-state index in [1.807, 2.05) is 6.92 Å². The Hall–Kier alpha value is -1.58. The summed E-state index contributed by atoms with van der Waals surface area (Å²) < 4.78 is 2.75. The highest BCUT2D eigenvalue weighted by Crippen LogP contribution is 1.88. The Labute approximate surface area is 88.5 Å². The van der Waals surface area contributed by atoms with Gasteiger partial charge in [0.15, 0.2) is 0 Å². The van der Waals surface area contributed by atoms with Crippen molar-refractivity contribution in [2.24, 2.45) is 0 Å². The van der Waals surface area contributed by atoms with Crippen LogP contribution in [0.15, 0.2) is 34.5 Å². The molecule has 0 aliphatic rings. The van der Waals surface area contributed by atoms with Crippen molar-refractivity contribution < 1.29 is 0 Å². The maximum absolute atomic E-state index is 11.8. The Morgan fingerprint density at radius 1 is 1.47 bits per heavy atom. The lowest BCUT2D eigenvalue weighted by Crippen LogP contribution is -2.38. The fourth-order valence-corrected chi connectivity index (χ4v) is 1.36. The number of aromatic nitrogens is 2. The Morgan fingerprint density at radius 2 is 2.20 bits per heavy atom. The van der Waals surface area contributed by atoms with Crippen molar-refractivity contribution in [3.63, 3.8) is 0 Å². The van der Waals surface area contributed by atoms with E-state index in [-0.39, 0.29) is 11.2 Å². The lowest BCUT2D eigenvalue weighted by Gasteiger charge is -2.07. The van der Waals surface area contributed by atoms with Gasteiger partial charge in [-0.05, 0) is 6.42 Å². The fourth-order valence-electron chi connectivity index (χ4n) is 1.36. The van der Waals surface area contributed by atoms with Gasteiger partial charge in [0.2, 0.25) is 0 Å². The van der Waals surface area contributed by atoms with E-state index in [1.54, 1.807) is 6.08 Å². The molecule has 0 aliphatic heterocycles. The lowest BCUT2D eigenvalue weighted by atomic mass is 10.3. The van der Waals surface area contributed by atoms with Crippen LogP contribution >= 0.6 is 0 Å². The molecular formula is C11H16N2O2. The molecule has 0 aromatic carbocycles. The van der Waals surface area contributed by atoms with E-state index >= 15 is 0 Å². The van der Waals surface area contributed by atoms with Gasteiger partial charge >= 0.3 is 5.69 Å². The summed E-state index contributed by atoms with van der Waals surface area (Å²) in [5.41, 5.74) is -0.482. The zero-order valence-electron chi connectivity index (χ0n) is 8.98. The van der Waals surface area contributed by atoms with Gasteiger partial charge in [0.25, 0.3) is 5.56 Å². The van der Waals surface area contributed by atoms with Crippen molar-refractivity contribution in [2.75, 3.05) is 0 Å². The van der Waals surface area contributed by atoms with Crippen LogP contribution in [0, 0.1) is 0 Å². The second-order valence-corrected chi connectivity index (χ2v) is 3.38. The summed E-state index contributed by atoms with van der Waals surface area (Å²) in [6.07, 6.45) is 4.94. The summed E-state index contributed by atoms with van der Waals surface area (Å²) in [7, 11) is 0. The first-order chi connectivity index (χ1) is 7.20. The Kier molecular flexibility index (Phi) is 4.09. The van der Waals surface area contributed by atoms with Crippen LogP contribution in [0.1, 0.15) is 19.8 Å². The molecule has 1 aromatic heterocycles. The van der Waals surface area contributed by atoms with Crippen LogP contribution in [0.4, 0.5) is 0 Å². The van der Waals surface area contributed by atoms with Crippen molar-refractivity contribution in [1.82, 2.24) is 9.13 Å². The van der Waals surface area contributed by atoms with E-state index in [9.17, 15) is 9.59 Å². The van der Waals surface area contributed by atoms with Gasteiger partial charge in [0, 0.05) is 25.4 Å². The molecule has 15 heavy (non-hydrogen) atoms. The van der Waals surface area contributed by atoms with Crippen LogP contribution in [0.3, 0.4) is 0 Å². The summed E-state index contributed by atoms with van der Waals surface area (Å²) in [5.74, 6) is 0. The summed E-state index contributed by atoms with van der Waals surface area (Å²) in [5, 5.41) is 0. The van der Waals surface area contributed by atoms with Gasteiger partial charge in [0.05, 0.1) is 0 Å². The van der Waals surface area contributed by atoms with E-state index in [0.29, 0.717) is 13.1 Å². The normalized spacial score (nSPS) is 10.2. The van der Waals surface area contributed by atoms with Crippen LogP contribution < -0.4 is 11.2 Å². The van der Waals surface area contributed by atoms with Crippen molar-refractivity contribution in [1.29, 1.82) is 0 Å². The van der Waals surface area contributed by atoms with E-state index in [1.165, 1.54) is 21.4 Å². The van der Waals surface area contributed by atoms with Gasteiger partial charge in [-0.2, -0.15) is 0 Å². The molecule has 0 radical (unpaired) electrons. The molecule has 1 rings (SSSR count). The Morgan fingerprint density at radius 3 is 2.80 bits per heavy atom. The number of hydrogen-bond acceptors (Lipinski definition) is 2. The highest BCUT2D eigenvalue weighted by molar-refractivity contribution is 4.88. The standard InChI is InChI=1S/C11H16N2O2/c1-3-5-8-13-10(14)6-9-12(7-4-2)11(13)15/h4,6,9H,2-3,5,7-8H2,1H3. The van der Waals surface area contributed by atoms with Gasteiger partial charge in [0.1, 0.15) is 0 Å². The fraction of sp³-hybridized carbons (Fsp3) is 0.455. The molecule has 82 valence electrons. The molecule has 0 saturated heterocycles. The Bertz CT molecular complexity index is 443. The van der Waals surface area contributed by atoms with E-state index in [2.05, 4.69) is 6.58 Å². The van der Waals surface area contributed by atoms with Crippen LogP contribution in [0.5, 0.6) is 0 Å². The third-order valence-electron chi connectivity index (χ3n) is 2.20. The lowest BCUT2D eigenvalue weighted by molar-refractivity contribution is 0.548. The first-order valence-corrected chi connectivity index (χ1v) is 5.12. The molecule has 0 fully saturated rings. The molecule has 0 N–H and O–H groups in total. The van der Waals surface area contributed by atoms with Gasteiger partial charge < -0.3 is 0 Å². The van der Waals surface area contributed by atoms with Gasteiger partial charge in [-0.3, -0.25) is 13.9 Å². The average Bonchev–Trinajstić information content (AvgIpc) is 2.22. The van der Waals surface area contributed by atoms with Crippen molar-refractivity contribution >= 4 is 0 Å². The molecule has 4 heteroatoms. The number of nitrogens with zero attached hydrogens (tertiary/aromatic N) is 2. The highest BCUT2D eigenvalue weighted by atomic mass is 16.2. The van der Waals surface area contributed by atoms with Crippen LogP contribution in [-0.2, 0) is 13.1 Å². The van der Waals surface area contributed by atoms with E-state index in [0.717, 1.165) is 12.8 Å². The quantitative estimate of drug-likeness (QED) is 0.677. The molecule has 0 amide bonds. The second-order valence-electron chi connectivity index (χ2n) is 3.38. The molecule has 1 heterocycles. The summed E-state index contributed by atoms with van der Waals surface area (Å²) in [6.45, 7) is 6.52. The molecule has 1 aromatic rings. The molecule has 0 saturated carbocycles. The molecule has 4 nitrogen and oxygen atoms in total. The first kappa shape index (κ1) is 11.5. The van der Waals surface area contributed by atoms with Crippen LogP contribution in [0.25, 0.3) is 0 Å². The number of rotatable bonds is 5. The summed E-state index contributed by atoms with van der Waals surface area (Å²) in [6, 6.07) is 1.42. The van der Waals surface area contributed by atoms with Crippen molar-refractivity contribution in [2.45, 2.75) is 32.9 Å². The van der Waals surface area contributed by atoms with Gasteiger partial charge in [-0.1, -0.05) is 19.4 Å². The largest absolute Gasteiger partial charge is 0.331 e. The maximum atomic E-state index is 11.8. The minimum Gasteiger partial charge on any atom is -0.297 e. The molecule has 0 spiro atoms. The zero-order chi connectivity index (χ0) is 11.3. The molecule has 0 atom stereocenters. The van der Waals surface area contributed by atoms with Crippen molar-refractivity contribution in [3.8, 4) is 0 Å². The minimum absolute atomic E-state index is 0.228. The number of hydrogen-bond donors (Lipinski definition) is 0. The van der Waals surface area contributed by atoms with E-state index in [4.69, 9.17) is 0 Å². The number of unbranched alkanes of at least 4 members (excludes halogenated alkanes) is 1. The van der Waals surface area contributed by atoms with E-state index < -0.39 is 0 Å². The van der Waals surface area contributed by atoms with Gasteiger partial charge in [-0.15, -0.1) is 6.58 Å². The topological polar surface area (TPSA) is 44.0 Å². The molecular weight excluding hydrogens is 192 g/mol. The smallest absolute Gasteiger partial charge is 0.297 e. The SMILES string of the molecule is C=CCn1ccc(=O)n(CCCC)c1=O. The zero-order valence-corrected chi connectivity index (χ0v) is 8.98. The molecule has 0 unspecified atom stereocenters. The van der Waals surface area contributed by atoms with Gasteiger partial charge in [-0.25, -0.2) is 4.79 Å². The predicted molar refractivity (Wildman–Crippen MR) is 60.1 cm³/mol. The second kappa shape index (κ2) is 5.34. The summed E-state index contributed by atoms with van der Waals surface area (Å²) in [4.78, 5) is 23.2. The van der Waals surface area contributed by atoms with Crippen LogP contribution in [0.2, 0.25) is 0 Å².